The van der Waals surface area contributed by atoms with Crippen LogP contribution in [0.1, 0.15) is 35.0 Å². The number of rotatable bonds is 3. The molecule has 28 heavy (non-hydrogen) atoms. The standard InChI is InChI=1S/C21H23N3O3S/c1-14(25)24-10-8-15-12-17(6-7-18(15)24)22-20(26)16-4-2-9-23(13-16)21(27)19-5-3-11-28-19/h3,5-7,11-12,16H,2,4,8-10,13H2,1H3,(H,22,26). The van der Waals surface area contributed by atoms with E-state index < -0.39 is 0 Å². The zero-order valence-corrected chi connectivity index (χ0v) is 16.6. The molecule has 0 saturated carbocycles. The molecule has 0 aliphatic carbocycles. The van der Waals surface area contributed by atoms with Gasteiger partial charge in [0.05, 0.1) is 10.8 Å². The van der Waals surface area contributed by atoms with Gasteiger partial charge < -0.3 is 15.1 Å². The quantitative estimate of drug-likeness (QED) is 0.865. The number of thiophene rings is 1. The second-order valence-corrected chi connectivity index (χ2v) is 8.27. The summed E-state index contributed by atoms with van der Waals surface area (Å²) in [5.41, 5.74) is 2.75. The Morgan fingerprint density at radius 1 is 1.18 bits per heavy atom. The van der Waals surface area contributed by atoms with Crippen LogP contribution >= 0.6 is 11.3 Å². The molecule has 1 aromatic heterocycles. The molecule has 1 aromatic carbocycles. The number of carbonyl (C=O) groups excluding carboxylic acids is 3. The van der Waals surface area contributed by atoms with Gasteiger partial charge in [0.15, 0.2) is 0 Å². The van der Waals surface area contributed by atoms with Gasteiger partial charge in [-0.3, -0.25) is 14.4 Å². The molecule has 1 saturated heterocycles. The normalized spacial score (nSPS) is 18.7. The summed E-state index contributed by atoms with van der Waals surface area (Å²) in [6.45, 7) is 3.40. The summed E-state index contributed by atoms with van der Waals surface area (Å²) in [4.78, 5) is 41.3. The van der Waals surface area contributed by atoms with Crippen molar-refractivity contribution in [2.24, 2.45) is 5.92 Å². The minimum atomic E-state index is -0.209. The van der Waals surface area contributed by atoms with Crippen LogP contribution in [0.25, 0.3) is 0 Å². The van der Waals surface area contributed by atoms with E-state index >= 15 is 0 Å². The third-order valence-electron chi connectivity index (χ3n) is 5.43. The predicted molar refractivity (Wildman–Crippen MR) is 110 cm³/mol. The topological polar surface area (TPSA) is 69.7 Å². The summed E-state index contributed by atoms with van der Waals surface area (Å²) < 4.78 is 0. The lowest BCUT2D eigenvalue weighted by atomic mass is 9.96. The third-order valence-corrected chi connectivity index (χ3v) is 6.29. The first kappa shape index (κ1) is 18.7. The van der Waals surface area contributed by atoms with Gasteiger partial charge in [-0.05, 0) is 54.5 Å². The Morgan fingerprint density at radius 2 is 2.04 bits per heavy atom. The highest BCUT2D eigenvalue weighted by Crippen LogP contribution is 2.31. The molecular weight excluding hydrogens is 374 g/mol. The molecule has 2 aromatic rings. The Labute approximate surface area is 168 Å². The molecule has 1 unspecified atom stereocenters. The molecule has 0 spiro atoms. The second-order valence-electron chi connectivity index (χ2n) is 7.32. The number of nitrogens with zero attached hydrogens (tertiary/aromatic N) is 2. The number of hydrogen-bond acceptors (Lipinski definition) is 4. The van der Waals surface area contributed by atoms with Gasteiger partial charge in [-0.2, -0.15) is 0 Å². The highest BCUT2D eigenvalue weighted by molar-refractivity contribution is 7.12. The van der Waals surface area contributed by atoms with Crippen LogP contribution in [0.15, 0.2) is 35.7 Å². The summed E-state index contributed by atoms with van der Waals surface area (Å²) in [6, 6.07) is 9.38. The Morgan fingerprint density at radius 3 is 2.79 bits per heavy atom. The van der Waals surface area contributed by atoms with Crippen molar-refractivity contribution in [2.75, 3.05) is 29.9 Å². The Hall–Kier alpha value is -2.67. The molecule has 3 heterocycles. The first-order valence-corrected chi connectivity index (χ1v) is 10.5. The molecule has 2 aliphatic heterocycles. The van der Waals surface area contributed by atoms with Crippen molar-refractivity contribution >= 4 is 40.4 Å². The van der Waals surface area contributed by atoms with Gasteiger partial charge in [-0.25, -0.2) is 0 Å². The van der Waals surface area contributed by atoms with Gasteiger partial charge in [-0.1, -0.05) is 6.07 Å². The molecular formula is C21H23N3O3S. The first-order chi connectivity index (χ1) is 13.5. The fourth-order valence-electron chi connectivity index (χ4n) is 3.98. The lowest BCUT2D eigenvalue weighted by Gasteiger charge is -2.31. The maximum Gasteiger partial charge on any atom is 0.263 e. The molecule has 3 amide bonds. The van der Waals surface area contributed by atoms with Gasteiger partial charge in [0.1, 0.15) is 0 Å². The van der Waals surface area contributed by atoms with E-state index in [0.717, 1.165) is 41.1 Å². The molecule has 0 radical (unpaired) electrons. The van der Waals surface area contributed by atoms with Crippen LogP contribution in [-0.4, -0.2) is 42.3 Å². The number of hydrogen-bond donors (Lipinski definition) is 1. The van der Waals surface area contributed by atoms with Gasteiger partial charge in [0.2, 0.25) is 11.8 Å². The number of carbonyl (C=O) groups is 3. The number of nitrogens with one attached hydrogen (secondary N) is 1. The third kappa shape index (κ3) is 3.67. The number of amides is 3. The van der Waals surface area contributed by atoms with Gasteiger partial charge in [0, 0.05) is 37.9 Å². The molecule has 6 nitrogen and oxygen atoms in total. The second kappa shape index (κ2) is 7.75. The SMILES string of the molecule is CC(=O)N1CCc2cc(NC(=O)C3CCCN(C(=O)c4cccs4)C3)ccc21. The van der Waals surface area contributed by atoms with E-state index in [9.17, 15) is 14.4 Å². The van der Waals surface area contributed by atoms with Gasteiger partial charge >= 0.3 is 0 Å². The van der Waals surface area contributed by atoms with Crippen molar-refractivity contribution in [3.05, 3.63) is 46.2 Å². The molecule has 146 valence electrons. The summed E-state index contributed by atoms with van der Waals surface area (Å²) in [5, 5.41) is 4.89. The summed E-state index contributed by atoms with van der Waals surface area (Å²) in [5.74, 6) is -0.215. The summed E-state index contributed by atoms with van der Waals surface area (Å²) in [7, 11) is 0. The van der Waals surface area contributed by atoms with E-state index in [1.54, 1.807) is 16.7 Å². The largest absolute Gasteiger partial charge is 0.337 e. The summed E-state index contributed by atoms with van der Waals surface area (Å²) in [6.07, 6.45) is 2.40. The van der Waals surface area contributed by atoms with E-state index in [-0.39, 0.29) is 23.6 Å². The maximum absolute atomic E-state index is 12.8. The molecule has 2 aliphatic rings. The van der Waals surface area contributed by atoms with E-state index in [4.69, 9.17) is 0 Å². The first-order valence-electron chi connectivity index (χ1n) is 9.57. The maximum atomic E-state index is 12.8. The zero-order chi connectivity index (χ0) is 19.7. The molecule has 1 N–H and O–H groups in total. The number of fused-ring (bicyclic) bond motifs is 1. The van der Waals surface area contributed by atoms with Crippen molar-refractivity contribution in [3.8, 4) is 0 Å². The lowest BCUT2D eigenvalue weighted by molar-refractivity contribution is -0.121. The number of piperidine rings is 1. The van der Waals surface area contributed by atoms with E-state index in [2.05, 4.69) is 5.32 Å². The molecule has 1 fully saturated rings. The van der Waals surface area contributed by atoms with E-state index in [0.29, 0.717) is 19.6 Å². The van der Waals surface area contributed by atoms with Crippen LogP contribution in [0.4, 0.5) is 11.4 Å². The Bertz CT molecular complexity index is 910. The van der Waals surface area contributed by atoms with Crippen molar-refractivity contribution < 1.29 is 14.4 Å². The molecule has 0 bridgehead atoms. The molecule has 1 atom stereocenters. The average Bonchev–Trinajstić information content (AvgIpc) is 3.37. The Kier molecular flexibility index (Phi) is 5.17. The van der Waals surface area contributed by atoms with E-state index in [1.165, 1.54) is 11.3 Å². The van der Waals surface area contributed by atoms with Crippen molar-refractivity contribution in [1.29, 1.82) is 0 Å². The van der Waals surface area contributed by atoms with Crippen LogP contribution in [-0.2, 0) is 16.0 Å². The minimum absolute atomic E-state index is 0.00866. The van der Waals surface area contributed by atoms with Gasteiger partial charge in [-0.15, -0.1) is 11.3 Å². The van der Waals surface area contributed by atoms with Crippen molar-refractivity contribution in [2.45, 2.75) is 26.2 Å². The number of benzene rings is 1. The van der Waals surface area contributed by atoms with Crippen LogP contribution in [0.2, 0.25) is 0 Å². The lowest BCUT2D eigenvalue weighted by Crippen LogP contribution is -2.43. The predicted octanol–water partition coefficient (Wildman–Crippen LogP) is 3.15. The van der Waals surface area contributed by atoms with Crippen LogP contribution < -0.4 is 10.2 Å². The highest BCUT2D eigenvalue weighted by Gasteiger charge is 2.30. The number of anilines is 2. The molecule has 4 rings (SSSR count). The fourth-order valence-corrected chi connectivity index (χ4v) is 4.67. The van der Waals surface area contributed by atoms with Crippen molar-refractivity contribution in [3.63, 3.8) is 0 Å². The minimum Gasteiger partial charge on any atom is -0.337 e. The van der Waals surface area contributed by atoms with Gasteiger partial charge in [0.25, 0.3) is 5.91 Å². The molecule has 7 heteroatoms. The average molecular weight is 398 g/mol. The van der Waals surface area contributed by atoms with E-state index in [1.807, 2.05) is 35.7 Å². The van der Waals surface area contributed by atoms with Crippen LogP contribution in [0, 0.1) is 5.92 Å². The monoisotopic (exact) mass is 397 g/mol. The van der Waals surface area contributed by atoms with Crippen LogP contribution in [0.5, 0.6) is 0 Å². The fraction of sp³-hybridized carbons (Fsp3) is 0.381. The van der Waals surface area contributed by atoms with Crippen molar-refractivity contribution in [1.82, 2.24) is 4.90 Å². The zero-order valence-electron chi connectivity index (χ0n) is 15.8. The highest BCUT2D eigenvalue weighted by atomic mass is 32.1. The smallest absolute Gasteiger partial charge is 0.263 e. The van der Waals surface area contributed by atoms with Crippen LogP contribution in [0.3, 0.4) is 0 Å². The Balaban J connectivity index is 1.41. The summed E-state index contributed by atoms with van der Waals surface area (Å²) >= 11 is 1.43. The number of likely N-dealkylation sites (tertiary alicyclic amines) is 1.